The van der Waals surface area contributed by atoms with Gasteiger partial charge in [0.25, 0.3) is 5.69 Å². The van der Waals surface area contributed by atoms with Crippen molar-refractivity contribution in [2.45, 2.75) is 13.5 Å². The van der Waals surface area contributed by atoms with Crippen molar-refractivity contribution < 1.29 is 4.92 Å². The van der Waals surface area contributed by atoms with Crippen LogP contribution in [0.5, 0.6) is 0 Å². The van der Waals surface area contributed by atoms with Gasteiger partial charge in [0.2, 0.25) is 0 Å². The maximum atomic E-state index is 11.3. The van der Waals surface area contributed by atoms with Gasteiger partial charge in [0.1, 0.15) is 0 Å². The molecule has 7 nitrogen and oxygen atoms in total. The van der Waals surface area contributed by atoms with Gasteiger partial charge in [0.15, 0.2) is 5.82 Å². The number of nitro groups is 1. The predicted octanol–water partition coefficient (Wildman–Crippen LogP) is 4.28. The molecule has 31 heavy (non-hydrogen) atoms. The molecule has 0 amide bonds. The van der Waals surface area contributed by atoms with Gasteiger partial charge in [-0.3, -0.25) is 15.0 Å². The molecule has 0 radical (unpaired) electrons. The van der Waals surface area contributed by atoms with Gasteiger partial charge in [0, 0.05) is 67.2 Å². The minimum Gasteiger partial charge on any atom is -0.314 e. The Labute approximate surface area is 193 Å². The molecule has 0 saturated carbocycles. The summed E-state index contributed by atoms with van der Waals surface area (Å²) in [6.07, 6.45) is 0. The van der Waals surface area contributed by atoms with Gasteiger partial charge in [-0.2, -0.15) is 0 Å². The summed E-state index contributed by atoms with van der Waals surface area (Å²) in [4.78, 5) is 22.9. The highest BCUT2D eigenvalue weighted by molar-refractivity contribution is 5.85. The van der Waals surface area contributed by atoms with E-state index in [9.17, 15) is 10.1 Å². The van der Waals surface area contributed by atoms with Crippen LogP contribution in [0.25, 0.3) is 22.6 Å². The monoisotopic (exact) mass is 461 g/mol. The molecule has 0 aliphatic carbocycles. The van der Waals surface area contributed by atoms with E-state index in [1.54, 1.807) is 12.1 Å². The van der Waals surface area contributed by atoms with Crippen LogP contribution in [0, 0.1) is 17.0 Å². The molecule has 1 aliphatic rings. The lowest BCUT2D eigenvalue weighted by Gasteiger charge is -2.28. The highest BCUT2D eigenvalue weighted by Crippen LogP contribution is 2.30. The third-order valence-corrected chi connectivity index (χ3v) is 5.17. The standard InChI is InChI=1S/C22H23N5O2.2ClH/c1-16-20(15-26-12-10-23-11-13-26)21(18-8-5-9-19(14-18)27(28)29)25-22(24-16)17-6-3-2-4-7-17;;/h2-9,14,23H,10-13,15H2,1H3;2*1H. The van der Waals surface area contributed by atoms with Crippen molar-refractivity contribution >= 4 is 30.5 Å². The van der Waals surface area contributed by atoms with Crippen molar-refractivity contribution in [2.75, 3.05) is 26.2 Å². The average Bonchev–Trinajstić information content (AvgIpc) is 2.76. The van der Waals surface area contributed by atoms with E-state index < -0.39 is 0 Å². The molecule has 0 unspecified atom stereocenters. The normalized spacial score (nSPS) is 13.7. The van der Waals surface area contributed by atoms with Crippen molar-refractivity contribution in [1.29, 1.82) is 0 Å². The summed E-state index contributed by atoms with van der Waals surface area (Å²) in [6, 6.07) is 16.5. The molecule has 1 N–H and O–H groups in total. The highest BCUT2D eigenvalue weighted by Gasteiger charge is 2.20. The lowest BCUT2D eigenvalue weighted by Crippen LogP contribution is -2.43. The number of aryl methyl sites for hydroxylation is 1. The summed E-state index contributed by atoms with van der Waals surface area (Å²) in [5.74, 6) is 0.633. The maximum absolute atomic E-state index is 11.3. The zero-order chi connectivity index (χ0) is 20.2. The van der Waals surface area contributed by atoms with Crippen LogP contribution in [-0.4, -0.2) is 46.0 Å². The van der Waals surface area contributed by atoms with Crippen LogP contribution in [0.2, 0.25) is 0 Å². The number of nitrogens with zero attached hydrogens (tertiary/aromatic N) is 4. The Morgan fingerprint density at radius 3 is 2.35 bits per heavy atom. The van der Waals surface area contributed by atoms with Gasteiger partial charge < -0.3 is 5.32 Å². The second-order valence-corrected chi connectivity index (χ2v) is 7.16. The number of rotatable bonds is 5. The van der Waals surface area contributed by atoms with E-state index in [0.29, 0.717) is 5.82 Å². The van der Waals surface area contributed by atoms with Crippen LogP contribution < -0.4 is 5.32 Å². The minimum atomic E-state index is -0.369. The largest absolute Gasteiger partial charge is 0.314 e. The lowest BCUT2D eigenvalue weighted by atomic mass is 10.0. The number of benzene rings is 2. The van der Waals surface area contributed by atoms with Crippen molar-refractivity contribution in [3.05, 3.63) is 76.0 Å². The summed E-state index contributed by atoms with van der Waals surface area (Å²) >= 11 is 0. The topological polar surface area (TPSA) is 84.2 Å². The molecule has 0 atom stereocenters. The number of nitrogens with one attached hydrogen (secondary N) is 1. The summed E-state index contributed by atoms with van der Waals surface area (Å²) in [5, 5.41) is 14.7. The van der Waals surface area contributed by atoms with E-state index in [-0.39, 0.29) is 35.4 Å². The zero-order valence-corrected chi connectivity index (χ0v) is 18.8. The van der Waals surface area contributed by atoms with E-state index in [1.165, 1.54) is 6.07 Å². The highest BCUT2D eigenvalue weighted by atomic mass is 35.5. The number of aromatic nitrogens is 2. The lowest BCUT2D eigenvalue weighted by molar-refractivity contribution is -0.384. The average molecular weight is 462 g/mol. The molecular formula is C22H25Cl2N5O2. The van der Waals surface area contributed by atoms with E-state index in [2.05, 4.69) is 10.2 Å². The van der Waals surface area contributed by atoms with Crippen molar-refractivity contribution in [1.82, 2.24) is 20.2 Å². The van der Waals surface area contributed by atoms with Gasteiger partial charge in [-0.15, -0.1) is 24.8 Å². The molecule has 1 aromatic heterocycles. The zero-order valence-electron chi connectivity index (χ0n) is 17.2. The Morgan fingerprint density at radius 2 is 1.68 bits per heavy atom. The molecule has 2 aromatic carbocycles. The molecule has 2 heterocycles. The van der Waals surface area contributed by atoms with Crippen LogP contribution >= 0.6 is 24.8 Å². The van der Waals surface area contributed by atoms with Crippen molar-refractivity contribution in [3.8, 4) is 22.6 Å². The second-order valence-electron chi connectivity index (χ2n) is 7.16. The molecule has 164 valence electrons. The minimum absolute atomic E-state index is 0. The van der Waals surface area contributed by atoms with Gasteiger partial charge in [-0.05, 0) is 6.92 Å². The van der Waals surface area contributed by atoms with Crippen LogP contribution in [0.4, 0.5) is 5.69 Å². The van der Waals surface area contributed by atoms with Crippen LogP contribution in [0.15, 0.2) is 54.6 Å². The van der Waals surface area contributed by atoms with E-state index in [1.807, 2.05) is 43.3 Å². The van der Waals surface area contributed by atoms with Gasteiger partial charge in [-0.1, -0.05) is 42.5 Å². The first-order valence-electron chi connectivity index (χ1n) is 9.72. The van der Waals surface area contributed by atoms with E-state index >= 15 is 0 Å². The first-order valence-corrected chi connectivity index (χ1v) is 9.72. The van der Waals surface area contributed by atoms with Crippen LogP contribution in [-0.2, 0) is 6.54 Å². The summed E-state index contributed by atoms with van der Waals surface area (Å²) in [6.45, 7) is 6.53. The number of nitro benzene ring substituents is 1. The van der Waals surface area contributed by atoms with Gasteiger partial charge in [-0.25, -0.2) is 9.97 Å². The Bertz CT molecular complexity index is 1030. The SMILES string of the molecule is Cc1nc(-c2ccccc2)nc(-c2cccc([N+](=O)[O-])c2)c1CN1CCNCC1.Cl.Cl. The van der Waals surface area contributed by atoms with Gasteiger partial charge >= 0.3 is 0 Å². The van der Waals surface area contributed by atoms with E-state index in [4.69, 9.17) is 9.97 Å². The van der Waals surface area contributed by atoms with Gasteiger partial charge in [0.05, 0.1) is 10.6 Å². The maximum Gasteiger partial charge on any atom is 0.270 e. The number of non-ortho nitro benzene ring substituents is 1. The molecule has 1 saturated heterocycles. The molecule has 4 rings (SSSR count). The second kappa shape index (κ2) is 11.2. The van der Waals surface area contributed by atoms with Crippen LogP contribution in [0.3, 0.4) is 0 Å². The molecular weight excluding hydrogens is 437 g/mol. The summed E-state index contributed by atoms with van der Waals surface area (Å²) in [7, 11) is 0. The van der Waals surface area contributed by atoms with Crippen molar-refractivity contribution in [3.63, 3.8) is 0 Å². The third kappa shape index (κ3) is 5.77. The number of hydrogen-bond acceptors (Lipinski definition) is 6. The van der Waals surface area contributed by atoms with Crippen LogP contribution in [0.1, 0.15) is 11.3 Å². The Balaban J connectivity index is 0.00000171. The third-order valence-electron chi connectivity index (χ3n) is 5.17. The molecule has 3 aromatic rings. The Hall–Kier alpha value is -2.58. The molecule has 1 fully saturated rings. The molecule has 9 heteroatoms. The first-order chi connectivity index (χ1) is 14.1. The smallest absolute Gasteiger partial charge is 0.270 e. The quantitative estimate of drug-likeness (QED) is 0.450. The number of hydrogen-bond donors (Lipinski definition) is 1. The summed E-state index contributed by atoms with van der Waals surface area (Å²) < 4.78 is 0. The van der Waals surface area contributed by atoms with Crippen molar-refractivity contribution in [2.24, 2.45) is 0 Å². The molecule has 0 spiro atoms. The molecule has 1 aliphatic heterocycles. The summed E-state index contributed by atoms with van der Waals surface area (Å²) in [5.41, 5.74) is 4.42. The Morgan fingerprint density at radius 1 is 1.00 bits per heavy atom. The fraction of sp³-hybridized carbons (Fsp3) is 0.273. The number of halogens is 2. The first kappa shape index (κ1) is 24.7. The fourth-order valence-corrected chi connectivity index (χ4v) is 3.60. The predicted molar refractivity (Wildman–Crippen MR) is 127 cm³/mol. The fourth-order valence-electron chi connectivity index (χ4n) is 3.60. The van der Waals surface area contributed by atoms with E-state index in [0.717, 1.165) is 60.8 Å². The Kier molecular flexibility index (Phi) is 8.88. The number of piperazine rings is 1. The molecule has 0 bridgehead atoms.